The SMILES string of the molecule is CCC1(C(=O)c2cccc(F)c2F)CC1. The minimum Gasteiger partial charge on any atom is -0.293 e. The van der Waals surface area contributed by atoms with Gasteiger partial charge in [-0.2, -0.15) is 0 Å². The third-order valence-electron chi connectivity index (χ3n) is 3.21. The molecule has 0 unspecified atom stereocenters. The molecule has 0 N–H and O–H groups in total. The lowest BCUT2D eigenvalue weighted by Gasteiger charge is -2.11. The lowest BCUT2D eigenvalue weighted by molar-refractivity contribution is 0.0891. The van der Waals surface area contributed by atoms with Gasteiger partial charge in [-0.15, -0.1) is 0 Å². The van der Waals surface area contributed by atoms with Crippen LogP contribution in [0.3, 0.4) is 0 Å². The van der Waals surface area contributed by atoms with Gasteiger partial charge in [-0.25, -0.2) is 8.78 Å². The van der Waals surface area contributed by atoms with E-state index in [0.717, 1.165) is 18.9 Å². The third-order valence-corrected chi connectivity index (χ3v) is 3.21. The summed E-state index contributed by atoms with van der Waals surface area (Å²) in [6, 6.07) is 3.76. The minimum atomic E-state index is -1.01. The van der Waals surface area contributed by atoms with Crippen LogP contribution in [-0.2, 0) is 0 Å². The van der Waals surface area contributed by atoms with Gasteiger partial charge in [-0.3, -0.25) is 4.79 Å². The average Bonchev–Trinajstić information content (AvgIpc) is 3.02. The Balaban J connectivity index is 2.38. The molecule has 1 aliphatic carbocycles. The zero-order chi connectivity index (χ0) is 11.1. The topological polar surface area (TPSA) is 17.1 Å². The van der Waals surface area contributed by atoms with Gasteiger partial charge in [0.2, 0.25) is 0 Å². The van der Waals surface area contributed by atoms with Crippen LogP contribution in [0.4, 0.5) is 8.78 Å². The first-order valence-corrected chi connectivity index (χ1v) is 5.09. The second-order valence-electron chi connectivity index (χ2n) is 4.06. The van der Waals surface area contributed by atoms with Crippen molar-refractivity contribution in [2.45, 2.75) is 26.2 Å². The second-order valence-corrected chi connectivity index (χ2v) is 4.06. The van der Waals surface area contributed by atoms with E-state index in [9.17, 15) is 13.6 Å². The predicted octanol–water partition coefficient (Wildman–Crippen LogP) is 3.34. The Hall–Kier alpha value is -1.25. The van der Waals surface area contributed by atoms with Crippen molar-refractivity contribution in [3.8, 4) is 0 Å². The van der Waals surface area contributed by atoms with Gasteiger partial charge < -0.3 is 0 Å². The van der Waals surface area contributed by atoms with Crippen LogP contribution in [-0.4, -0.2) is 5.78 Å². The summed E-state index contributed by atoms with van der Waals surface area (Å²) in [4.78, 5) is 11.9. The third kappa shape index (κ3) is 1.56. The van der Waals surface area contributed by atoms with Gasteiger partial charge in [0.1, 0.15) is 0 Å². The maximum absolute atomic E-state index is 13.4. The molecule has 0 bridgehead atoms. The largest absolute Gasteiger partial charge is 0.293 e. The molecular weight excluding hydrogens is 198 g/mol. The standard InChI is InChI=1S/C12H12F2O/c1-2-12(6-7-12)11(15)8-4-3-5-9(13)10(8)14/h3-5H,2,6-7H2,1H3. The number of carbonyl (C=O) groups is 1. The predicted molar refractivity (Wildman–Crippen MR) is 52.6 cm³/mol. The molecule has 0 saturated heterocycles. The van der Waals surface area contributed by atoms with Crippen LogP contribution in [0.1, 0.15) is 36.5 Å². The van der Waals surface area contributed by atoms with E-state index in [-0.39, 0.29) is 11.3 Å². The number of halogens is 2. The van der Waals surface area contributed by atoms with Gasteiger partial charge in [0.25, 0.3) is 0 Å². The van der Waals surface area contributed by atoms with E-state index < -0.39 is 17.0 Å². The summed E-state index contributed by atoms with van der Waals surface area (Å²) in [6.45, 7) is 1.90. The van der Waals surface area contributed by atoms with E-state index in [4.69, 9.17) is 0 Å². The summed E-state index contributed by atoms with van der Waals surface area (Å²) in [5, 5.41) is 0. The fourth-order valence-corrected chi connectivity index (χ4v) is 1.86. The highest BCUT2D eigenvalue weighted by atomic mass is 19.2. The molecule has 0 aromatic heterocycles. The van der Waals surface area contributed by atoms with Gasteiger partial charge in [-0.1, -0.05) is 13.0 Å². The lowest BCUT2D eigenvalue weighted by atomic mass is 9.92. The van der Waals surface area contributed by atoms with Crippen LogP contribution in [0.25, 0.3) is 0 Å². The molecular formula is C12H12F2O. The Kier molecular flexibility index (Phi) is 2.33. The van der Waals surface area contributed by atoms with Crippen molar-refractivity contribution >= 4 is 5.78 Å². The van der Waals surface area contributed by atoms with E-state index >= 15 is 0 Å². The number of benzene rings is 1. The molecule has 0 atom stereocenters. The number of ketones is 1. The first kappa shape index (κ1) is 10.3. The molecule has 0 heterocycles. The maximum Gasteiger partial charge on any atom is 0.172 e. The summed E-state index contributed by atoms with van der Waals surface area (Å²) in [5.41, 5.74) is -0.511. The summed E-state index contributed by atoms with van der Waals surface area (Å²) in [6.07, 6.45) is 2.28. The van der Waals surface area contributed by atoms with Crippen molar-refractivity contribution in [2.24, 2.45) is 5.41 Å². The van der Waals surface area contributed by atoms with Crippen molar-refractivity contribution in [3.63, 3.8) is 0 Å². The Bertz CT molecular complexity index is 408. The molecule has 1 nitrogen and oxygen atoms in total. The molecule has 1 aromatic rings. The lowest BCUT2D eigenvalue weighted by Crippen LogP contribution is -2.17. The minimum absolute atomic E-state index is 0.102. The molecule has 2 rings (SSSR count). The van der Waals surface area contributed by atoms with Crippen molar-refractivity contribution in [3.05, 3.63) is 35.4 Å². The van der Waals surface area contributed by atoms with E-state index in [1.807, 2.05) is 6.92 Å². The Morgan fingerprint density at radius 2 is 2.07 bits per heavy atom. The first-order chi connectivity index (χ1) is 7.10. The monoisotopic (exact) mass is 210 g/mol. The van der Waals surface area contributed by atoms with Crippen LogP contribution >= 0.6 is 0 Å². The molecule has 1 fully saturated rings. The van der Waals surface area contributed by atoms with E-state index in [1.165, 1.54) is 12.1 Å². The highest BCUT2D eigenvalue weighted by molar-refractivity contribution is 6.02. The van der Waals surface area contributed by atoms with Crippen LogP contribution in [0, 0.1) is 17.0 Å². The van der Waals surface area contributed by atoms with Crippen LogP contribution < -0.4 is 0 Å². The fourth-order valence-electron chi connectivity index (χ4n) is 1.86. The molecule has 15 heavy (non-hydrogen) atoms. The van der Waals surface area contributed by atoms with Gasteiger partial charge >= 0.3 is 0 Å². The number of hydrogen-bond acceptors (Lipinski definition) is 1. The van der Waals surface area contributed by atoms with Gasteiger partial charge in [0.05, 0.1) is 5.56 Å². The average molecular weight is 210 g/mol. The number of carbonyl (C=O) groups excluding carboxylic acids is 1. The normalized spacial score (nSPS) is 17.5. The summed E-state index contributed by atoms with van der Waals surface area (Å²) in [7, 11) is 0. The van der Waals surface area contributed by atoms with Crippen molar-refractivity contribution in [2.75, 3.05) is 0 Å². The molecule has 0 amide bonds. The summed E-state index contributed by atoms with van der Waals surface area (Å²) in [5.74, 6) is -2.21. The van der Waals surface area contributed by atoms with Crippen LogP contribution in [0.5, 0.6) is 0 Å². The molecule has 0 spiro atoms. The Morgan fingerprint density at radius 1 is 1.40 bits per heavy atom. The zero-order valence-electron chi connectivity index (χ0n) is 8.52. The molecule has 0 radical (unpaired) electrons. The summed E-state index contributed by atoms with van der Waals surface area (Å²) < 4.78 is 26.3. The maximum atomic E-state index is 13.4. The van der Waals surface area contributed by atoms with Gasteiger partial charge in [-0.05, 0) is 31.4 Å². The molecule has 1 saturated carbocycles. The molecule has 0 aliphatic heterocycles. The fraction of sp³-hybridized carbons (Fsp3) is 0.417. The quantitative estimate of drug-likeness (QED) is 0.699. The first-order valence-electron chi connectivity index (χ1n) is 5.09. The highest BCUT2D eigenvalue weighted by Gasteiger charge is 2.48. The van der Waals surface area contributed by atoms with Crippen molar-refractivity contribution < 1.29 is 13.6 Å². The Labute approximate surface area is 87.1 Å². The van der Waals surface area contributed by atoms with E-state index in [2.05, 4.69) is 0 Å². The Morgan fingerprint density at radius 3 is 2.60 bits per heavy atom. The van der Waals surface area contributed by atoms with E-state index in [1.54, 1.807) is 0 Å². The number of Topliss-reactive ketones (excluding diaryl/α,β-unsaturated/α-hetero) is 1. The highest BCUT2D eigenvalue weighted by Crippen LogP contribution is 2.51. The molecule has 3 heteroatoms. The van der Waals surface area contributed by atoms with E-state index in [0.29, 0.717) is 6.42 Å². The second kappa shape index (κ2) is 3.40. The number of rotatable bonds is 3. The molecule has 1 aromatic carbocycles. The van der Waals surface area contributed by atoms with Gasteiger partial charge in [0, 0.05) is 5.41 Å². The summed E-state index contributed by atoms with van der Waals surface area (Å²) >= 11 is 0. The molecule has 80 valence electrons. The van der Waals surface area contributed by atoms with Crippen molar-refractivity contribution in [1.29, 1.82) is 0 Å². The number of hydrogen-bond donors (Lipinski definition) is 0. The van der Waals surface area contributed by atoms with Crippen LogP contribution in [0.15, 0.2) is 18.2 Å². The molecule has 1 aliphatic rings. The van der Waals surface area contributed by atoms with Crippen molar-refractivity contribution in [1.82, 2.24) is 0 Å². The smallest absolute Gasteiger partial charge is 0.172 e. The van der Waals surface area contributed by atoms with Gasteiger partial charge in [0.15, 0.2) is 17.4 Å². The zero-order valence-corrected chi connectivity index (χ0v) is 8.52. The van der Waals surface area contributed by atoms with Crippen LogP contribution in [0.2, 0.25) is 0 Å².